The lowest BCUT2D eigenvalue weighted by Gasteiger charge is -2.18. The van der Waals surface area contributed by atoms with Gasteiger partial charge in [0.05, 0.1) is 0 Å². The Morgan fingerprint density at radius 2 is 1.86 bits per heavy atom. The molecule has 1 unspecified atom stereocenters. The third-order valence-corrected chi connectivity index (χ3v) is 3.15. The Kier molecular flexibility index (Phi) is 4.49. The zero-order chi connectivity index (χ0) is 15.4. The van der Waals surface area contributed by atoms with Crippen LogP contribution in [0.4, 0.5) is 4.39 Å². The highest BCUT2D eigenvalue weighted by atomic mass is 32.1. The lowest BCUT2D eigenvalue weighted by molar-refractivity contribution is 0.0940. The van der Waals surface area contributed by atoms with Gasteiger partial charge in [0.15, 0.2) is 0 Å². The van der Waals surface area contributed by atoms with Gasteiger partial charge in [-0.25, -0.2) is 4.39 Å². The molecule has 4 N–H and O–H groups in total. The van der Waals surface area contributed by atoms with Gasteiger partial charge in [-0.2, -0.15) is 0 Å². The van der Waals surface area contributed by atoms with Crippen LogP contribution in [0, 0.1) is 5.82 Å². The van der Waals surface area contributed by atoms with E-state index >= 15 is 0 Å². The number of phenolic OH excluding ortho intramolecular Hbond substituents is 1. The van der Waals surface area contributed by atoms with Gasteiger partial charge in [-0.1, -0.05) is 48.6 Å². The molecule has 0 aromatic heterocycles. The number of halogens is 1. The number of hydrogen-bond donors (Lipinski definition) is 3. The van der Waals surface area contributed by atoms with Gasteiger partial charge >= 0.3 is 0 Å². The molecule has 0 aliphatic heterocycles. The van der Waals surface area contributed by atoms with E-state index in [4.69, 9.17) is 18.0 Å². The molecule has 0 aliphatic rings. The second kappa shape index (κ2) is 6.32. The molecule has 2 aromatic carbocycles. The average Bonchev–Trinajstić information content (AvgIpc) is 2.45. The third kappa shape index (κ3) is 3.35. The fourth-order valence-corrected chi connectivity index (χ4v) is 2.10. The lowest BCUT2D eigenvalue weighted by atomic mass is 10.1. The van der Waals surface area contributed by atoms with Gasteiger partial charge in [-0.3, -0.25) is 4.79 Å². The third-order valence-electron chi connectivity index (χ3n) is 2.91. The summed E-state index contributed by atoms with van der Waals surface area (Å²) in [5, 5.41) is 12.1. The number of nitrogens with one attached hydrogen (secondary N) is 1. The lowest BCUT2D eigenvalue weighted by Crippen LogP contribution is -2.36. The van der Waals surface area contributed by atoms with E-state index in [1.807, 2.05) is 6.07 Å². The molecule has 0 bridgehead atoms. The molecule has 2 aromatic rings. The SMILES string of the molecule is NC(=S)C(NC(=O)c1c(O)cccc1F)c1ccccc1. The number of benzene rings is 2. The van der Waals surface area contributed by atoms with Crippen LogP contribution < -0.4 is 11.1 Å². The predicted octanol–water partition coefficient (Wildman–Crippen LogP) is 2.29. The first-order valence-electron chi connectivity index (χ1n) is 6.13. The van der Waals surface area contributed by atoms with Gasteiger partial charge < -0.3 is 16.2 Å². The highest BCUT2D eigenvalue weighted by Gasteiger charge is 2.22. The second-order valence-electron chi connectivity index (χ2n) is 4.35. The molecule has 21 heavy (non-hydrogen) atoms. The van der Waals surface area contributed by atoms with Crippen molar-refractivity contribution in [3.05, 3.63) is 65.5 Å². The highest BCUT2D eigenvalue weighted by Crippen LogP contribution is 2.21. The molecule has 0 heterocycles. The average molecular weight is 304 g/mol. The van der Waals surface area contributed by atoms with Crippen LogP contribution in [0.15, 0.2) is 48.5 Å². The number of carbonyl (C=O) groups is 1. The molecule has 2 rings (SSSR count). The van der Waals surface area contributed by atoms with Crippen molar-refractivity contribution < 1.29 is 14.3 Å². The minimum atomic E-state index is -0.817. The molecule has 0 spiro atoms. The van der Waals surface area contributed by atoms with Gasteiger partial charge in [0.25, 0.3) is 5.91 Å². The van der Waals surface area contributed by atoms with E-state index < -0.39 is 29.1 Å². The van der Waals surface area contributed by atoms with Gasteiger partial charge in [0, 0.05) is 0 Å². The van der Waals surface area contributed by atoms with Crippen LogP contribution >= 0.6 is 12.2 Å². The number of rotatable bonds is 4. The van der Waals surface area contributed by atoms with Crippen molar-refractivity contribution in [2.24, 2.45) is 5.73 Å². The molecular formula is C15H13FN2O2S. The van der Waals surface area contributed by atoms with Gasteiger partial charge in [0.2, 0.25) is 0 Å². The Morgan fingerprint density at radius 3 is 2.43 bits per heavy atom. The summed E-state index contributed by atoms with van der Waals surface area (Å²) in [6.07, 6.45) is 0. The summed E-state index contributed by atoms with van der Waals surface area (Å²) < 4.78 is 13.7. The summed E-state index contributed by atoms with van der Waals surface area (Å²) in [6.45, 7) is 0. The maximum absolute atomic E-state index is 13.7. The molecule has 1 amide bonds. The van der Waals surface area contributed by atoms with E-state index in [2.05, 4.69) is 5.32 Å². The first-order valence-corrected chi connectivity index (χ1v) is 6.54. The van der Waals surface area contributed by atoms with E-state index in [1.165, 1.54) is 12.1 Å². The summed E-state index contributed by atoms with van der Waals surface area (Å²) in [4.78, 5) is 12.2. The Hall–Kier alpha value is -2.47. The predicted molar refractivity (Wildman–Crippen MR) is 81.5 cm³/mol. The minimum Gasteiger partial charge on any atom is -0.507 e. The number of thiocarbonyl (C=S) groups is 1. The summed E-state index contributed by atoms with van der Waals surface area (Å²) in [6, 6.07) is 11.7. The van der Waals surface area contributed by atoms with Crippen molar-refractivity contribution >= 4 is 23.1 Å². The summed E-state index contributed by atoms with van der Waals surface area (Å²) in [5.74, 6) is -2.04. The minimum absolute atomic E-state index is 0.0466. The van der Waals surface area contributed by atoms with Crippen molar-refractivity contribution in [2.75, 3.05) is 0 Å². The van der Waals surface area contributed by atoms with Gasteiger partial charge in [0.1, 0.15) is 28.2 Å². The van der Waals surface area contributed by atoms with Crippen LogP contribution in [0.5, 0.6) is 5.75 Å². The Labute approximate surface area is 126 Å². The zero-order valence-electron chi connectivity index (χ0n) is 10.9. The largest absolute Gasteiger partial charge is 0.507 e. The molecule has 0 fully saturated rings. The van der Waals surface area contributed by atoms with Gasteiger partial charge in [-0.15, -0.1) is 0 Å². The molecule has 4 nitrogen and oxygen atoms in total. The second-order valence-corrected chi connectivity index (χ2v) is 4.82. The molecule has 0 saturated heterocycles. The van der Waals surface area contributed by atoms with Crippen LogP contribution in [-0.4, -0.2) is 16.0 Å². The first-order chi connectivity index (χ1) is 10.0. The van der Waals surface area contributed by atoms with Crippen LogP contribution in [0.2, 0.25) is 0 Å². The highest BCUT2D eigenvalue weighted by molar-refractivity contribution is 7.80. The van der Waals surface area contributed by atoms with E-state index in [0.717, 1.165) is 6.07 Å². The molecule has 0 saturated carbocycles. The Balaban J connectivity index is 2.30. The summed E-state index contributed by atoms with van der Waals surface area (Å²) in [7, 11) is 0. The van der Waals surface area contributed by atoms with Crippen molar-refractivity contribution in [2.45, 2.75) is 6.04 Å². The summed E-state index contributed by atoms with van der Waals surface area (Å²) in [5.41, 5.74) is 5.87. The van der Waals surface area contributed by atoms with E-state index in [1.54, 1.807) is 24.3 Å². The van der Waals surface area contributed by atoms with Crippen LogP contribution in [-0.2, 0) is 0 Å². The topological polar surface area (TPSA) is 75.3 Å². The Bertz CT molecular complexity index is 656. The van der Waals surface area contributed by atoms with Crippen LogP contribution in [0.25, 0.3) is 0 Å². The number of hydrogen-bond acceptors (Lipinski definition) is 3. The molecule has 0 radical (unpaired) electrons. The van der Waals surface area contributed by atoms with E-state index in [-0.39, 0.29) is 4.99 Å². The number of amides is 1. The quantitative estimate of drug-likeness (QED) is 0.758. The zero-order valence-corrected chi connectivity index (χ0v) is 11.7. The van der Waals surface area contributed by atoms with Crippen molar-refractivity contribution in [3.8, 4) is 5.75 Å². The number of aromatic hydroxyl groups is 1. The van der Waals surface area contributed by atoms with Crippen molar-refractivity contribution in [3.63, 3.8) is 0 Å². The number of carbonyl (C=O) groups excluding carboxylic acids is 1. The van der Waals surface area contributed by atoms with Gasteiger partial charge in [-0.05, 0) is 17.7 Å². The molecule has 6 heteroatoms. The summed E-state index contributed by atoms with van der Waals surface area (Å²) >= 11 is 4.94. The molecular weight excluding hydrogens is 291 g/mol. The standard InChI is InChI=1S/C15H13FN2O2S/c16-10-7-4-8-11(19)12(10)15(20)18-13(14(17)21)9-5-2-1-3-6-9/h1-8,13,19H,(H2,17,21)(H,18,20). The molecule has 0 aliphatic carbocycles. The number of nitrogens with two attached hydrogens (primary N) is 1. The fourth-order valence-electron chi connectivity index (χ4n) is 1.91. The van der Waals surface area contributed by atoms with Crippen molar-refractivity contribution in [1.82, 2.24) is 5.32 Å². The number of phenols is 1. The normalized spacial score (nSPS) is 11.7. The maximum Gasteiger partial charge on any atom is 0.258 e. The van der Waals surface area contributed by atoms with E-state index in [0.29, 0.717) is 5.56 Å². The van der Waals surface area contributed by atoms with Crippen molar-refractivity contribution in [1.29, 1.82) is 0 Å². The van der Waals surface area contributed by atoms with Crippen LogP contribution in [0.1, 0.15) is 22.0 Å². The molecule has 1 atom stereocenters. The van der Waals surface area contributed by atoms with Crippen LogP contribution in [0.3, 0.4) is 0 Å². The first kappa shape index (κ1) is 14.9. The Morgan fingerprint density at radius 1 is 1.19 bits per heavy atom. The van der Waals surface area contributed by atoms with E-state index in [9.17, 15) is 14.3 Å². The maximum atomic E-state index is 13.7. The smallest absolute Gasteiger partial charge is 0.258 e. The fraction of sp³-hybridized carbons (Fsp3) is 0.0667. The monoisotopic (exact) mass is 304 g/mol. The molecule has 108 valence electrons.